The maximum atomic E-state index is 12.9. The number of benzene rings is 1. The van der Waals surface area contributed by atoms with Gasteiger partial charge >= 0.3 is 5.97 Å². The first-order chi connectivity index (χ1) is 10.9. The summed E-state index contributed by atoms with van der Waals surface area (Å²) >= 11 is 0. The Kier molecular flexibility index (Phi) is 5.05. The smallest absolute Gasteiger partial charge is 0.318 e. The zero-order chi connectivity index (χ0) is 18.3. The maximum Gasteiger partial charge on any atom is 0.318 e. The van der Waals surface area contributed by atoms with E-state index in [0.29, 0.717) is 15.4 Å². The second kappa shape index (κ2) is 6.43. The molecule has 1 saturated heterocycles. The fraction of sp³-hybridized carbons (Fsp3) is 0.500. The number of carbonyl (C=O) groups is 1. The van der Waals surface area contributed by atoms with Gasteiger partial charge in [-0.15, -0.1) is 0 Å². The Morgan fingerprint density at radius 1 is 1.29 bits per heavy atom. The van der Waals surface area contributed by atoms with Gasteiger partial charge in [-0.1, -0.05) is 12.1 Å². The van der Waals surface area contributed by atoms with Gasteiger partial charge in [-0.25, -0.2) is 16.8 Å². The number of aliphatic hydroxyl groups excluding tert-OH is 1. The zero-order valence-corrected chi connectivity index (χ0v) is 14.8. The predicted molar refractivity (Wildman–Crippen MR) is 85.9 cm³/mol. The molecule has 1 fully saturated rings. The van der Waals surface area contributed by atoms with Gasteiger partial charge in [0.1, 0.15) is 6.54 Å². The molecule has 0 radical (unpaired) electrons. The number of nitrogens with zero attached hydrogens (tertiary/aromatic N) is 1. The van der Waals surface area contributed by atoms with Crippen molar-refractivity contribution in [1.82, 2.24) is 4.31 Å². The van der Waals surface area contributed by atoms with E-state index in [0.717, 1.165) is 0 Å². The summed E-state index contributed by atoms with van der Waals surface area (Å²) in [6.45, 7) is 2.33. The molecule has 1 aromatic rings. The quantitative estimate of drug-likeness (QED) is 0.710. The van der Waals surface area contributed by atoms with Crippen LogP contribution in [0.15, 0.2) is 23.1 Å². The van der Waals surface area contributed by atoms with Crippen molar-refractivity contribution in [2.45, 2.75) is 30.9 Å². The van der Waals surface area contributed by atoms with Gasteiger partial charge in [0.05, 0.1) is 28.5 Å². The van der Waals surface area contributed by atoms with Crippen molar-refractivity contribution in [3.8, 4) is 0 Å². The molecule has 134 valence electrons. The van der Waals surface area contributed by atoms with Crippen LogP contribution in [0.3, 0.4) is 0 Å². The van der Waals surface area contributed by atoms with Crippen LogP contribution in [-0.4, -0.2) is 67.5 Å². The number of carboxylic acid groups (broad SMARTS) is 1. The Morgan fingerprint density at radius 3 is 2.42 bits per heavy atom. The Morgan fingerprint density at radius 2 is 1.92 bits per heavy atom. The number of aliphatic carboxylic acids is 1. The van der Waals surface area contributed by atoms with Gasteiger partial charge in [0.15, 0.2) is 9.84 Å². The molecule has 24 heavy (non-hydrogen) atoms. The topological polar surface area (TPSA) is 129 Å². The standard InChI is InChI=1S/C14H19NO7S2/c1-9-3-4-10(2)13(5-9)24(21,22)15(6-14(17)18)11-7-23(19,20)8-12(11)16/h3-5,11-12,16H,6-8H2,1-2H3,(H,17,18)/t11-,12+/m0/s1. The fourth-order valence-electron chi connectivity index (χ4n) is 2.71. The van der Waals surface area contributed by atoms with Crippen LogP contribution in [0, 0.1) is 13.8 Å². The molecular formula is C14H19NO7S2. The van der Waals surface area contributed by atoms with Gasteiger partial charge in [0.2, 0.25) is 10.0 Å². The van der Waals surface area contributed by atoms with E-state index in [9.17, 15) is 26.7 Å². The molecule has 0 aromatic heterocycles. The molecule has 1 aliphatic heterocycles. The second-order valence-corrected chi connectivity index (χ2v) is 9.94. The Balaban J connectivity index is 2.55. The number of carboxylic acids is 1. The van der Waals surface area contributed by atoms with Crippen LogP contribution in [0.4, 0.5) is 0 Å². The van der Waals surface area contributed by atoms with Crippen molar-refractivity contribution < 1.29 is 31.8 Å². The molecule has 1 aliphatic rings. The van der Waals surface area contributed by atoms with Crippen molar-refractivity contribution in [2.75, 3.05) is 18.1 Å². The lowest BCUT2D eigenvalue weighted by Crippen LogP contribution is -2.49. The molecule has 8 nitrogen and oxygen atoms in total. The van der Waals surface area contributed by atoms with Crippen molar-refractivity contribution in [2.24, 2.45) is 0 Å². The molecule has 1 heterocycles. The lowest BCUT2D eigenvalue weighted by atomic mass is 10.2. The summed E-state index contributed by atoms with van der Waals surface area (Å²) in [6, 6.07) is 3.37. The number of sulfone groups is 1. The summed E-state index contributed by atoms with van der Waals surface area (Å²) in [5.41, 5.74) is 1.07. The van der Waals surface area contributed by atoms with E-state index < -0.39 is 56.0 Å². The van der Waals surface area contributed by atoms with Crippen LogP contribution in [0.25, 0.3) is 0 Å². The highest BCUT2D eigenvalue weighted by Gasteiger charge is 2.45. The van der Waals surface area contributed by atoms with Crippen molar-refractivity contribution in [3.63, 3.8) is 0 Å². The molecule has 0 aliphatic carbocycles. The Labute approximate surface area is 140 Å². The van der Waals surface area contributed by atoms with Gasteiger partial charge < -0.3 is 10.2 Å². The third kappa shape index (κ3) is 3.77. The molecule has 0 saturated carbocycles. The largest absolute Gasteiger partial charge is 0.480 e. The van der Waals surface area contributed by atoms with E-state index >= 15 is 0 Å². The SMILES string of the molecule is Cc1ccc(C)c(S(=O)(=O)N(CC(=O)O)[C@H]2CS(=O)(=O)C[C@H]2O)c1. The van der Waals surface area contributed by atoms with Crippen LogP contribution in [-0.2, 0) is 24.7 Å². The summed E-state index contributed by atoms with van der Waals surface area (Å²) in [5, 5.41) is 19.0. The molecule has 2 N–H and O–H groups in total. The Bertz CT molecular complexity index is 861. The first-order valence-corrected chi connectivity index (χ1v) is 10.4. The molecular weight excluding hydrogens is 358 g/mol. The zero-order valence-electron chi connectivity index (χ0n) is 13.2. The molecule has 2 atom stereocenters. The monoisotopic (exact) mass is 377 g/mol. The van der Waals surface area contributed by atoms with Crippen LogP contribution >= 0.6 is 0 Å². The number of hydrogen-bond acceptors (Lipinski definition) is 6. The highest BCUT2D eigenvalue weighted by molar-refractivity contribution is 7.92. The molecule has 0 spiro atoms. The summed E-state index contributed by atoms with van der Waals surface area (Å²) in [7, 11) is -7.92. The van der Waals surface area contributed by atoms with Gasteiger partial charge in [0, 0.05) is 0 Å². The number of rotatable bonds is 5. The average Bonchev–Trinajstić information content (AvgIpc) is 2.71. The first kappa shape index (κ1) is 18.8. The minimum absolute atomic E-state index is 0.0970. The fourth-order valence-corrected chi connectivity index (χ4v) is 6.52. The van der Waals surface area contributed by atoms with Crippen molar-refractivity contribution in [3.05, 3.63) is 29.3 Å². The lowest BCUT2D eigenvalue weighted by Gasteiger charge is -2.28. The summed E-state index contributed by atoms with van der Waals surface area (Å²) < 4.78 is 49.9. The van der Waals surface area contributed by atoms with Crippen LogP contribution in [0.2, 0.25) is 0 Å². The molecule has 0 amide bonds. The normalized spacial score (nSPS) is 23.5. The van der Waals surface area contributed by atoms with E-state index in [4.69, 9.17) is 5.11 Å². The van der Waals surface area contributed by atoms with Gasteiger partial charge in [0.25, 0.3) is 0 Å². The predicted octanol–water partition coefficient (Wildman–Crippen LogP) is -0.463. The van der Waals surface area contributed by atoms with Crippen molar-refractivity contribution in [1.29, 1.82) is 0 Å². The summed E-state index contributed by atoms with van der Waals surface area (Å²) in [6.07, 6.45) is -1.46. The highest BCUT2D eigenvalue weighted by Crippen LogP contribution is 2.27. The minimum atomic E-state index is -4.29. The van der Waals surface area contributed by atoms with E-state index in [-0.39, 0.29) is 4.90 Å². The van der Waals surface area contributed by atoms with Gasteiger partial charge in [-0.05, 0) is 31.0 Å². The third-order valence-corrected chi connectivity index (χ3v) is 7.60. The van der Waals surface area contributed by atoms with Crippen LogP contribution in [0.1, 0.15) is 11.1 Å². The van der Waals surface area contributed by atoms with Crippen molar-refractivity contribution >= 4 is 25.8 Å². The number of hydrogen-bond donors (Lipinski definition) is 2. The van der Waals surface area contributed by atoms with Gasteiger partial charge in [-0.3, -0.25) is 4.79 Å². The molecule has 0 unspecified atom stereocenters. The third-order valence-electron chi connectivity index (χ3n) is 3.88. The summed E-state index contributed by atoms with van der Waals surface area (Å²) in [4.78, 5) is 11.0. The average molecular weight is 377 g/mol. The summed E-state index contributed by atoms with van der Waals surface area (Å²) in [5.74, 6) is -2.62. The van der Waals surface area contributed by atoms with Crippen LogP contribution < -0.4 is 0 Å². The minimum Gasteiger partial charge on any atom is -0.480 e. The van der Waals surface area contributed by atoms with E-state index in [1.807, 2.05) is 0 Å². The number of aliphatic hydroxyl groups is 1. The Hall–Kier alpha value is -1.49. The second-order valence-electron chi connectivity index (χ2n) is 5.92. The van der Waals surface area contributed by atoms with Gasteiger partial charge in [-0.2, -0.15) is 4.31 Å². The molecule has 2 rings (SSSR count). The molecule has 0 bridgehead atoms. The van der Waals surface area contributed by atoms with E-state index in [2.05, 4.69) is 0 Å². The van der Waals surface area contributed by atoms with E-state index in [1.165, 1.54) is 6.07 Å². The lowest BCUT2D eigenvalue weighted by molar-refractivity contribution is -0.137. The molecule has 10 heteroatoms. The maximum absolute atomic E-state index is 12.9. The number of sulfonamides is 1. The highest BCUT2D eigenvalue weighted by atomic mass is 32.2. The van der Waals surface area contributed by atoms with Crippen LogP contribution in [0.5, 0.6) is 0 Å². The molecule has 1 aromatic carbocycles. The number of aryl methyl sites for hydroxylation is 2. The van der Waals surface area contributed by atoms with E-state index in [1.54, 1.807) is 26.0 Å². The first-order valence-electron chi connectivity index (χ1n) is 7.13.